The van der Waals surface area contributed by atoms with Crippen molar-refractivity contribution in [2.24, 2.45) is 10.9 Å². The SMILES string of the molecule is CCNC(=NCc1cccs1)N1CCC(COCc2ccccc2)C1.I. The van der Waals surface area contributed by atoms with E-state index < -0.39 is 0 Å². The third-order valence-corrected chi connectivity index (χ3v) is 5.21. The first kappa shape index (κ1) is 21.2. The van der Waals surface area contributed by atoms with Gasteiger partial charge >= 0.3 is 0 Å². The Morgan fingerprint density at radius 1 is 1.27 bits per heavy atom. The van der Waals surface area contributed by atoms with Gasteiger partial charge in [-0.2, -0.15) is 0 Å². The van der Waals surface area contributed by atoms with Gasteiger partial charge in [0.2, 0.25) is 0 Å². The molecule has 1 aromatic carbocycles. The van der Waals surface area contributed by atoms with E-state index in [2.05, 4.69) is 58.9 Å². The number of hydrogen-bond acceptors (Lipinski definition) is 3. The summed E-state index contributed by atoms with van der Waals surface area (Å²) in [5.74, 6) is 1.61. The van der Waals surface area contributed by atoms with Crippen LogP contribution in [0.2, 0.25) is 0 Å². The minimum Gasteiger partial charge on any atom is -0.376 e. The molecular weight excluding hydrogens is 457 g/mol. The molecule has 0 radical (unpaired) electrons. The molecular formula is C20H28IN3OS. The van der Waals surface area contributed by atoms with E-state index >= 15 is 0 Å². The fraction of sp³-hybridized carbons (Fsp3) is 0.450. The summed E-state index contributed by atoms with van der Waals surface area (Å²) in [5, 5.41) is 5.53. The Labute approximate surface area is 177 Å². The number of rotatable bonds is 7. The zero-order chi connectivity index (χ0) is 17.3. The number of guanidine groups is 1. The summed E-state index contributed by atoms with van der Waals surface area (Å²) < 4.78 is 5.93. The van der Waals surface area contributed by atoms with Gasteiger partial charge in [-0.15, -0.1) is 35.3 Å². The molecule has 2 aromatic rings. The van der Waals surface area contributed by atoms with Gasteiger partial charge in [-0.3, -0.25) is 0 Å². The molecule has 142 valence electrons. The minimum atomic E-state index is 0. The first-order chi connectivity index (χ1) is 12.3. The predicted octanol–water partition coefficient (Wildman–Crippen LogP) is 4.37. The fourth-order valence-corrected chi connectivity index (χ4v) is 3.69. The molecule has 0 bridgehead atoms. The molecule has 0 saturated carbocycles. The molecule has 0 aliphatic carbocycles. The monoisotopic (exact) mass is 485 g/mol. The van der Waals surface area contributed by atoms with Gasteiger partial charge in [0, 0.05) is 30.4 Å². The van der Waals surface area contributed by atoms with Crippen molar-refractivity contribution in [2.45, 2.75) is 26.5 Å². The summed E-state index contributed by atoms with van der Waals surface area (Å²) in [4.78, 5) is 8.47. The molecule has 1 aromatic heterocycles. The quantitative estimate of drug-likeness (QED) is 0.360. The van der Waals surface area contributed by atoms with Crippen LogP contribution in [0.1, 0.15) is 23.8 Å². The summed E-state index contributed by atoms with van der Waals surface area (Å²) in [6, 6.07) is 14.6. The fourth-order valence-electron chi connectivity index (χ4n) is 3.06. The van der Waals surface area contributed by atoms with Crippen molar-refractivity contribution >= 4 is 41.3 Å². The maximum atomic E-state index is 5.93. The predicted molar refractivity (Wildman–Crippen MR) is 120 cm³/mol. The molecule has 6 heteroatoms. The molecule has 1 aliphatic heterocycles. The van der Waals surface area contributed by atoms with Gasteiger partial charge < -0.3 is 15.0 Å². The van der Waals surface area contributed by atoms with Crippen molar-refractivity contribution < 1.29 is 4.74 Å². The Bertz CT molecular complexity index is 648. The number of nitrogens with zero attached hydrogens (tertiary/aromatic N) is 2. The largest absolute Gasteiger partial charge is 0.376 e. The standard InChI is InChI=1S/C20H27N3OS.HI/c1-2-21-20(22-13-19-9-6-12-25-19)23-11-10-18(14-23)16-24-15-17-7-4-3-5-8-17;/h3-9,12,18H,2,10-11,13-16H2,1H3,(H,21,22);1H. The van der Waals surface area contributed by atoms with E-state index in [-0.39, 0.29) is 24.0 Å². The van der Waals surface area contributed by atoms with Crippen LogP contribution in [0.3, 0.4) is 0 Å². The van der Waals surface area contributed by atoms with Gasteiger partial charge in [0.05, 0.1) is 19.8 Å². The van der Waals surface area contributed by atoms with E-state index in [1.165, 1.54) is 10.4 Å². The van der Waals surface area contributed by atoms with E-state index in [1.807, 2.05) is 6.07 Å². The average molecular weight is 485 g/mol. The smallest absolute Gasteiger partial charge is 0.194 e. The van der Waals surface area contributed by atoms with Gasteiger partial charge in [0.25, 0.3) is 0 Å². The highest BCUT2D eigenvalue weighted by atomic mass is 127. The molecule has 3 rings (SSSR count). The highest BCUT2D eigenvalue weighted by Gasteiger charge is 2.25. The Kier molecular flexibility index (Phi) is 9.42. The first-order valence-corrected chi connectivity index (χ1v) is 9.90. The van der Waals surface area contributed by atoms with Gasteiger partial charge in [-0.25, -0.2) is 4.99 Å². The summed E-state index contributed by atoms with van der Waals surface area (Å²) in [7, 11) is 0. The molecule has 1 saturated heterocycles. The maximum Gasteiger partial charge on any atom is 0.194 e. The third-order valence-electron chi connectivity index (χ3n) is 4.35. The van der Waals surface area contributed by atoms with Crippen molar-refractivity contribution in [3.8, 4) is 0 Å². The molecule has 1 aliphatic rings. The van der Waals surface area contributed by atoms with Crippen LogP contribution in [0.25, 0.3) is 0 Å². The van der Waals surface area contributed by atoms with Crippen molar-refractivity contribution in [2.75, 3.05) is 26.2 Å². The Hall–Kier alpha value is -1.12. The minimum absolute atomic E-state index is 0. The third kappa shape index (κ3) is 6.55. The van der Waals surface area contributed by atoms with Crippen LogP contribution in [-0.2, 0) is 17.9 Å². The number of hydrogen-bond donors (Lipinski definition) is 1. The summed E-state index contributed by atoms with van der Waals surface area (Å²) in [6.07, 6.45) is 1.16. The summed E-state index contributed by atoms with van der Waals surface area (Å²) in [5.41, 5.74) is 1.24. The molecule has 1 fully saturated rings. The Morgan fingerprint density at radius 2 is 2.12 bits per heavy atom. The second kappa shape index (κ2) is 11.6. The second-order valence-electron chi connectivity index (χ2n) is 6.35. The van der Waals surface area contributed by atoms with Crippen LogP contribution in [0.15, 0.2) is 52.8 Å². The van der Waals surface area contributed by atoms with E-state index in [0.717, 1.165) is 45.2 Å². The Balaban J connectivity index is 0.00000243. The number of nitrogens with one attached hydrogen (secondary N) is 1. The first-order valence-electron chi connectivity index (χ1n) is 9.02. The lowest BCUT2D eigenvalue weighted by atomic mass is 10.1. The van der Waals surface area contributed by atoms with Crippen LogP contribution in [0.4, 0.5) is 0 Å². The van der Waals surface area contributed by atoms with Gasteiger partial charge in [-0.1, -0.05) is 36.4 Å². The lowest BCUT2D eigenvalue weighted by Crippen LogP contribution is -2.40. The number of aliphatic imine (C=N–C) groups is 1. The van der Waals surface area contributed by atoms with E-state index in [1.54, 1.807) is 11.3 Å². The van der Waals surface area contributed by atoms with Crippen molar-refractivity contribution in [3.05, 3.63) is 58.3 Å². The van der Waals surface area contributed by atoms with E-state index in [0.29, 0.717) is 12.5 Å². The number of likely N-dealkylation sites (tertiary alicyclic amines) is 1. The molecule has 2 heterocycles. The molecule has 0 spiro atoms. The zero-order valence-electron chi connectivity index (χ0n) is 15.3. The van der Waals surface area contributed by atoms with Crippen molar-refractivity contribution in [3.63, 3.8) is 0 Å². The molecule has 0 amide bonds. The molecule has 1 unspecified atom stereocenters. The van der Waals surface area contributed by atoms with E-state index in [9.17, 15) is 0 Å². The summed E-state index contributed by atoms with van der Waals surface area (Å²) in [6.45, 7) is 7.36. The topological polar surface area (TPSA) is 36.9 Å². The molecule has 4 nitrogen and oxygen atoms in total. The maximum absolute atomic E-state index is 5.93. The molecule has 26 heavy (non-hydrogen) atoms. The van der Waals surface area contributed by atoms with Crippen molar-refractivity contribution in [1.29, 1.82) is 0 Å². The number of thiophene rings is 1. The molecule has 1 atom stereocenters. The second-order valence-corrected chi connectivity index (χ2v) is 7.38. The van der Waals surface area contributed by atoms with Crippen LogP contribution >= 0.6 is 35.3 Å². The summed E-state index contributed by atoms with van der Waals surface area (Å²) >= 11 is 1.76. The number of halogens is 1. The number of ether oxygens (including phenoxy) is 1. The van der Waals surface area contributed by atoms with Gasteiger partial charge in [0.15, 0.2) is 5.96 Å². The average Bonchev–Trinajstić information content (AvgIpc) is 3.32. The van der Waals surface area contributed by atoms with Crippen LogP contribution in [-0.4, -0.2) is 37.1 Å². The molecule has 1 N–H and O–H groups in total. The Morgan fingerprint density at radius 3 is 2.85 bits per heavy atom. The lowest BCUT2D eigenvalue weighted by Gasteiger charge is -2.21. The highest BCUT2D eigenvalue weighted by molar-refractivity contribution is 14.0. The van der Waals surface area contributed by atoms with Crippen LogP contribution in [0, 0.1) is 5.92 Å². The lowest BCUT2D eigenvalue weighted by molar-refractivity contribution is 0.0906. The number of benzene rings is 1. The van der Waals surface area contributed by atoms with Crippen molar-refractivity contribution in [1.82, 2.24) is 10.2 Å². The van der Waals surface area contributed by atoms with Crippen LogP contribution < -0.4 is 5.32 Å². The zero-order valence-corrected chi connectivity index (χ0v) is 18.4. The van der Waals surface area contributed by atoms with Gasteiger partial charge in [0.1, 0.15) is 0 Å². The highest BCUT2D eigenvalue weighted by Crippen LogP contribution is 2.18. The van der Waals surface area contributed by atoms with Crippen LogP contribution in [0.5, 0.6) is 0 Å². The van der Waals surface area contributed by atoms with Gasteiger partial charge in [-0.05, 0) is 30.4 Å². The van der Waals surface area contributed by atoms with E-state index in [4.69, 9.17) is 9.73 Å². The normalized spacial score (nSPS) is 17.2.